The molecule has 1 atom stereocenters. The summed E-state index contributed by atoms with van der Waals surface area (Å²) in [6, 6.07) is 1.75. The second kappa shape index (κ2) is 7.66. The number of ether oxygens (including phenoxy) is 2. The summed E-state index contributed by atoms with van der Waals surface area (Å²) in [7, 11) is 0. The SMILES string of the molecule is CCOc1cc(OC2CCNC2)nc(SC)n1.Cl. The lowest BCUT2D eigenvalue weighted by Gasteiger charge is -2.12. The first kappa shape index (κ1) is 15.3. The molecule has 0 amide bonds. The smallest absolute Gasteiger partial charge is 0.221 e. The van der Waals surface area contributed by atoms with Gasteiger partial charge in [-0.3, -0.25) is 0 Å². The molecule has 5 nitrogen and oxygen atoms in total. The third-order valence-corrected chi connectivity index (χ3v) is 2.98. The monoisotopic (exact) mass is 291 g/mol. The van der Waals surface area contributed by atoms with Crippen molar-refractivity contribution in [3.8, 4) is 11.8 Å². The number of hydrogen-bond donors (Lipinski definition) is 1. The van der Waals surface area contributed by atoms with Crippen LogP contribution in [-0.4, -0.2) is 42.0 Å². The number of hydrogen-bond acceptors (Lipinski definition) is 6. The minimum Gasteiger partial charge on any atom is -0.478 e. The van der Waals surface area contributed by atoms with E-state index in [0.29, 0.717) is 23.5 Å². The molecule has 2 heterocycles. The van der Waals surface area contributed by atoms with Crippen molar-refractivity contribution in [2.45, 2.75) is 24.6 Å². The van der Waals surface area contributed by atoms with Gasteiger partial charge in [-0.2, -0.15) is 9.97 Å². The van der Waals surface area contributed by atoms with Crippen molar-refractivity contribution in [3.63, 3.8) is 0 Å². The van der Waals surface area contributed by atoms with Gasteiger partial charge in [-0.15, -0.1) is 12.4 Å². The lowest BCUT2D eigenvalue weighted by atomic mass is 10.3. The second-order valence-electron chi connectivity index (χ2n) is 3.70. The van der Waals surface area contributed by atoms with Crippen molar-refractivity contribution in [3.05, 3.63) is 6.07 Å². The van der Waals surface area contributed by atoms with Crippen LogP contribution in [0.5, 0.6) is 11.8 Å². The fourth-order valence-electron chi connectivity index (χ4n) is 1.66. The summed E-state index contributed by atoms with van der Waals surface area (Å²) in [4.78, 5) is 8.57. The standard InChI is InChI=1S/C11H17N3O2S.ClH/c1-3-15-9-6-10(14-11(13-9)17-2)16-8-4-5-12-7-8;/h6,8,12H,3-5,7H2,1-2H3;1H. The molecular formula is C11H18ClN3O2S. The number of rotatable bonds is 5. The fraction of sp³-hybridized carbons (Fsp3) is 0.636. The number of thioether (sulfide) groups is 1. The van der Waals surface area contributed by atoms with Gasteiger partial charge in [0.2, 0.25) is 11.8 Å². The lowest BCUT2D eigenvalue weighted by molar-refractivity contribution is 0.209. The molecule has 18 heavy (non-hydrogen) atoms. The molecule has 0 aromatic carbocycles. The molecule has 1 aromatic rings. The highest BCUT2D eigenvalue weighted by Crippen LogP contribution is 2.22. The van der Waals surface area contributed by atoms with Crippen LogP contribution in [0.1, 0.15) is 13.3 Å². The fourth-order valence-corrected chi connectivity index (χ4v) is 2.02. The quantitative estimate of drug-likeness (QED) is 0.659. The van der Waals surface area contributed by atoms with Crippen LogP contribution in [0.15, 0.2) is 11.2 Å². The van der Waals surface area contributed by atoms with Gasteiger partial charge in [0.05, 0.1) is 12.7 Å². The lowest BCUT2D eigenvalue weighted by Crippen LogP contribution is -2.20. The van der Waals surface area contributed by atoms with Crippen LogP contribution in [0.2, 0.25) is 0 Å². The van der Waals surface area contributed by atoms with Gasteiger partial charge in [0.25, 0.3) is 0 Å². The Bertz CT molecular complexity index is 375. The normalized spacial score (nSPS) is 18.2. The maximum atomic E-state index is 5.80. The molecule has 1 saturated heterocycles. The molecule has 7 heteroatoms. The maximum Gasteiger partial charge on any atom is 0.221 e. The average molecular weight is 292 g/mol. The average Bonchev–Trinajstić information content (AvgIpc) is 2.82. The van der Waals surface area contributed by atoms with E-state index in [4.69, 9.17) is 9.47 Å². The molecule has 1 unspecified atom stereocenters. The first-order valence-corrected chi connectivity index (χ1v) is 6.97. The van der Waals surface area contributed by atoms with Crippen LogP contribution in [0.4, 0.5) is 0 Å². The Morgan fingerprint density at radius 1 is 1.44 bits per heavy atom. The number of halogens is 1. The van der Waals surface area contributed by atoms with E-state index < -0.39 is 0 Å². The molecular weight excluding hydrogens is 274 g/mol. The molecule has 0 spiro atoms. The van der Waals surface area contributed by atoms with Crippen molar-refractivity contribution in [1.82, 2.24) is 15.3 Å². The highest BCUT2D eigenvalue weighted by Gasteiger charge is 2.17. The van der Waals surface area contributed by atoms with Gasteiger partial charge in [0, 0.05) is 6.54 Å². The summed E-state index contributed by atoms with van der Waals surface area (Å²) < 4.78 is 11.2. The van der Waals surface area contributed by atoms with Gasteiger partial charge < -0.3 is 14.8 Å². The van der Waals surface area contributed by atoms with E-state index in [2.05, 4.69) is 15.3 Å². The van der Waals surface area contributed by atoms with Crippen LogP contribution < -0.4 is 14.8 Å². The molecule has 1 aliphatic heterocycles. The van der Waals surface area contributed by atoms with E-state index >= 15 is 0 Å². The molecule has 102 valence electrons. The van der Waals surface area contributed by atoms with E-state index in [-0.39, 0.29) is 18.5 Å². The third kappa shape index (κ3) is 4.19. The molecule has 2 rings (SSSR count). The van der Waals surface area contributed by atoms with Crippen LogP contribution in [0.25, 0.3) is 0 Å². The maximum absolute atomic E-state index is 5.80. The van der Waals surface area contributed by atoms with E-state index in [1.54, 1.807) is 6.07 Å². The minimum absolute atomic E-state index is 0. The predicted octanol–water partition coefficient (Wildman–Crippen LogP) is 1.76. The predicted molar refractivity (Wildman–Crippen MR) is 74.1 cm³/mol. The first-order valence-electron chi connectivity index (χ1n) is 5.75. The van der Waals surface area contributed by atoms with E-state index in [1.807, 2.05) is 13.2 Å². The molecule has 0 bridgehead atoms. The molecule has 1 fully saturated rings. The zero-order valence-corrected chi connectivity index (χ0v) is 12.1. The Morgan fingerprint density at radius 3 is 2.83 bits per heavy atom. The van der Waals surface area contributed by atoms with Crippen molar-refractivity contribution in [1.29, 1.82) is 0 Å². The first-order chi connectivity index (χ1) is 8.31. The highest BCUT2D eigenvalue weighted by molar-refractivity contribution is 7.98. The van der Waals surface area contributed by atoms with Gasteiger partial charge in [-0.25, -0.2) is 0 Å². The number of nitrogens with one attached hydrogen (secondary N) is 1. The third-order valence-electron chi connectivity index (χ3n) is 2.44. The van der Waals surface area contributed by atoms with E-state index in [1.165, 1.54) is 11.8 Å². The van der Waals surface area contributed by atoms with Crippen molar-refractivity contribution < 1.29 is 9.47 Å². The summed E-state index contributed by atoms with van der Waals surface area (Å²) in [5, 5.41) is 3.93. The van der Waals surface area contributed by atoms with Gasteiger partial charge >= 0.3 is 0 Å². The highest BCUT2D eigenvalue weighted by atomic mass is 35.5. The minimum atomic E-state index is 0. The van der Waals surface area contributed by atoms with Crippen molar-refractivity contribution in [2.24, 2.45) is 0 Å². The Hall–Kier alpha value is -0.720. The Morgan fingerprint density at radius 2 is 2.22 bits per heavy atom. The molecule has 0 aliphatic carbocycles. The molecule has 0 saturated carbocycles. The number of nitrogens with zero attached hydrogens (tertiary/aromatic N) is 2. The van der Waals surface area contributed by atoms with Gasteiger partial charge in [0.1, 0.15) is 6.10 Å². The second-order valence-corrected chi connectivity index (χ2v) is 4.47. The molecule has 1 N–H and O–H groups in total. The van der Waals surface area contributed by atoms with Crippen LogP contribution in [-0.2, 0) is 0 Å². The van der Waals surface area contributed by atoms with Crippen LogP contribution in [0.3, 0.4) is 0 Å². The summed E-state index contributed by atoms with van der Waals surface area (Å²) >= 11 is 1.48. The number of aromatic nitrogens is 2. The Labute approximate surface area is 117 Å². The van der Waals surface area contributed by atoms with Crippen molar-refractivity contribution >= 4 is 24.2 Å². The van der Waals surface area contributed by atoms with Gasteiger partial charge in [-0.05, 0) is 26.1 Å². The summed E-state index contributed by atoms with van der Waals surface area (Å²) in [5.41, 5.74) is 0. The Balaban J connectivity index is 0.00000162. The van der Waals surface area contributed by atoms with Gasteiger partial charge in [-0.1, -0.05) is 11.8 Å². The van der Waals surface area contributed by atoms with Crippen LogP contribution in [0, 0.1) is 0 Å². The summed E-state index contributed by atoms with van der Waals surface area (Å²) in [6.45, 7) is 4.41. The Kier molecular flexibility index (Phi) is 6.52. The largest absolute Gasteiger partial charge is 0.478 e. The van der Waals surface area contributed by atoms with Crippen LogP contribution >= 0.6 is 24.2 Å². The molecule has 0 radical (unpaired) electrons. The summed E-state index contributed by atoms with van der Waals surface area (Å²) in [6.07, 6.45) is 3.16. The van der Waals surface area contributed by atoms with Crippen molar-refractivity contribution in [2.75, 3.05) is 26.0 Å². The topological polar surface area (TPSA) is 56.3 Å². The summed E-state index contributed by atoms with van der Waals surface area (Å²) in [5.74, 6) is 1.18. The van der Waals surface area contributed by atoms with E-state index in [0.717, 1.165) is 19.5 Å². The molecule has 1 aromatic heterocycles. The molecule has 1 aliphatic rings. The van der Waals surface area contributed by atoms with E-state index in [9.17, 15) is 0 Å². The van der Waals surface area contributed by atoms with Gasteiger partial charge in [0.15, 0.2) is 5.16 Å². The zero-order valence-electron chi connectivity index (χ0n) is 10.5. The zero-order chi connectivity index (χ0) is 12.1.